The number of rotatable bonds is 2. The summed E-state index contributed by atoms with van der Waals surface area (Å²) in [5, 5.41) is 10.9. The molecule has 0 spiro atoms. The van der Waals surface area contributed by atoms with Crippen molar-refractivity contribution in [2.45, 2.75) is 13.0 Å². The molecule has 0 fully saturated rings. The average molecular weight is 300 g/mol. The number of thiazole rings is 1. The molecule has 4 heterocycles. The summed E-state index contributed by atoms with van der Waals surface area (Å²) in [6.45, 7) is 1.76. The number of hydrogen-bond donors (Lipinski definition) is 2. The minimum absolute atomic E-state index is 0.211. The highest BCUT2D eigenvalue weighted by Crippen LogP contribution is 2.26. The Bertz CT molecular complexity index is 800. The van der Waals surface area contributed by atoms with E-state index in [4.69, 9.17) is 0 Å². The van der Waals surface area contributed by atoms with Crippen LogP contribution in [0.4, 0.5) is 5.13 Å². The number of fused-ring (bicyclic) bond motifs is 2. The van der Waals surface area contributed by atoms with Crippen LogP contribution in [0.15, 0.2) is 24.8 Å². The van der Waals surface area contributed by atoms with Crippen molar-refractivity contribution in [3.63, 3.8) is 0 Å². The van der Waals surface area contributed by atoms with Crippen molar-refractivity contribution in [1.82, 2.24) is 24.9 Å². The maximum absolute atomic E-state index is 12.4. The van der Waals surface area contributed by atoms with Crippen molar-refractivity contribution >= 4 is 27.9 Å². The summed E-state index contributed by atoms with van der Waals surface area (Å²) in [5.41, 5.74) is 2.25. The molecule has 7 nitrogen and oxygen atoms in total. The Morgan fingerprint density at radius 1 is 1.43 bits per heavy atom. The summed E-state index contributed by atoms with van der Waals surface area (Å²) in [4.78, 5) is 22.1. The molecule has 8 heteroatoms. The van der Waals surface area contributed by atoms with E-state index >= 15 is 0 Å². The van der Waals surface area contributed by atoms with Gasteiger partial charge in [0.05, 0.1) is 29.2 Å². The van der Waals surface area contributed by atoms with Crippen molar-refractivity contribution in [2.75, 3.05) is 11.9 Å². The topological polar surface area (TPSA) is 84.2 Å². The van der Waals surface area contributed by atoms with Crippen LogP contribution in [0.25, 0.3) is 5.52 Å². The lowest BCUT2D eigenvalue weighted by atomic mass is 10.2. The second kappa shape index (κ2) is 4.90. The molecule has 3 aromatic heterocycles. The molecular weight excluding hydrogens is 288 g/mol. The van der Waals surface area contributed by atoms with Gasteiger partial charge < -0.3 is 5.32 Å². The maximum atomic E-state index is 12.4. The lowest BCUT2D eigenvalue weighted by Crippen LogP contribution is -2.22. The van der Waals surface area contributed by atoms with Crippen LogP contribution in [0.3, 0.4) is 0 Å². The van der Waals surface area contributed by atoms with Crippen LogP contribution in [-0.2, 0) is 13.0 Å². The van der Waals surface area contributed by atoms with Crippen LogP contribution in [0.5, 0.6) is 0 Å². The van der Waals surface area contributed by atoms with Crippen molar-refractivity contribution in [3.8, 4) is 0 Å². The number of aromatic nitrogens is 4. The smallest absolute Gasteiger partial charge is 0.261 e. The average Bonchev–Trinajstić information content (AvgIpc) is 3.10. The van der Waals surface area contributed by atoms with Crippen LogP contribution >= 0.6 is 11.3 Å². The highest BCUT2D eigenvalue weighted by Gasteiger charge is 2.18. The van der Waals surface area contributed by atoms with Crippen molar-refractivity contribution in [1.29, 1.82) is 0 Å². The second-order valence-corrected chi connectivity index (χ2v) is 5.82. The first-order valence-electron chi connectivity index (χ1n) is 6.59. The van der Waals surface area contributed by atoms with Gasteiger partial charge in [-0.25, -0.2) is 9.50 Å². The van der Waals surface area contributed by atoms with Gasteiger partial charge in [-0.05, 0) is 0 Å². The monoisotopic (exact) mass is 300 g/mol. The fraction of sp³-hybridized carbons (Fsp3) is 0.231. The molecule has 0 aromatic carbocycles. The normalized spacial score (nSPS) is 14.1. The molecular formula is C13H12N6OS. The summed E-state index contributed by atoms with van der Waals surface area (Å²) in [6.07, 6.45) is 7.41. The maximum Gasteiger partial charge on any atom is 0.261 e. The molecule has 0 saturated heterocycles. The third-order valence-electron chi connectivity index (χ3n) is 3.39. The van der Waals surface area contributed by atoms with Gasteiger partial charge in [-0.2, -0.15) is 5.10 Å². The molecule has 0 aliphatic carbocycles. The lowest BCUT2D eigenvalue weighted by Gasteiger charge is -2.09. The van der Waals surface area contributed by atoms with E-state index in [1.807, 2.05) is 0 Å². The molecule has 0 bridgehead atoms. The van der Waals surface area contributed by atoms with E-state index in [1.54, 1.807) is 29.3 Å². The van der Waals surface area contributed by atoms with Gasteiger partial charge in [0.25, 0.3) is 5.91 Å². The molecule has 0 atom stereocenters. The summed E-state index contributed by atoms with van der Waals surface area (Å²) < 4.78 is 1.62. The zero-order valence-electron chi connectivity index (χ0n) is 11.0. The van der Waals surface area contributed by atoms with Crippen LogP contribution in [0.1, 0.15) is 20.9 Å². The van der Waals surface area contributed by atoms with E-state index in [0.29, 0.717) is 16.2 Å². The number of carbonyl (C=O) groups is 1. The Hall–Kier alpha value is -2.32. The van der Waals surface area contributed by atoms with Crippen LogP contribution < -0.4 is 10.6 Å². The zero-order valence-corrected chi connectivity index (χ0v) is 11.9. The molecule has 4 rings (SSSR count). The van der Waals surface area contributed by atoms with Gasteiger partial charge in [-0.3, -0.25) is 15.1 Å². The van der Waals surface area contributed by atoms with Crippen LogP contribution in [0, 0.1) is 0 Å². The Kier molecular flexibility index (Phi) is 2.90. The molecule has 0 unspecified atom stereocenters. The van der Waals surface area contributed by atoms with E-state index in [1.165, 1.54) is 16.2 Å². The first kappa shape index (κ1) is 12.4. The molecule has 2 N–H and O–H groups in total. The number of nitrogens with one attached hydrogen (secondary N) is 2. The van der Waals surface area contributed by atoms with E-state index in [-0.39, 0.29) is 5.91 Å². The lowest BCUT2D eigenvalue weighted by molar-refractivity contribution is 0.102. The molecule has 106 valence electrons. The Labute approximate surface area is 124 Å². The molecule has 1 amide bonds. The zero-order chi connectivity index (χ0) is 14.2. The number of carbonyl (C=O) groups excluding carboxylic acids is 1. The van der Waals surface area contributed by atoms with E-state index < -0.39 is 0 Å². The molecule has 0 radical (unpaired) electrons. The van der Waals surface area contributed by atoms with Gasteiger partial charge >= 0.3 is 0 Å². The van der Waals surface area contributed by atoms with Gasteiger partial charge in [0.2, 0.25) is 0 Å². The van der Waals surface area contributed by atoms with Gasteiger partial charge in [0.1, 0.15) is 0 Å². The Morgan fingerprint density at radius 3 is 3.29 bits per heavy atom. The fourth-order valence-electron chi connectivity index (χ4n) is 2.35. The predicted octanol–water partition coefficient (Wildman–Crippen LogP) is 1.08. The summed E-state index contributed by atoms with van der Waals surface area (Å²) in [6, 6.07) is 0. The SMILES string of the molecule is O=C(Nc1nc2c(s1)CNCC2)c1cnn2ccncc12. The van der Waals surface area contributed by atoms with Crippen LogP contribution in [0.2, 0.25) is 0 Å². The Balaban J connectivity index is 1.62. The highest BCUT2D eigenvalue weighted by atomic mass is 32.1. The predicted molar refractivity (Wildman–Crippen MR) is 78.5 cm³/mol. The van der Waals surface area contributed by atoms with Crippen molar-refractivity contribution in [3.05, 3.63) is 40.9 Å². The van der Waals surface area contributed by atoms with Gasteiger partial charge in [-0.15, -0.1) is 11.3 Å². The van der Waals surface area contributed by atoms with Crippen molar-refractivity contribution < 1.29 is 4.79 Å². The quantitative estimate of drug-likeness (QED) is 0.740. The first-order chi connectivity index (χ1) is 10.3. The van der Waals surface area contributed by atoms with Gasteiger partial charge in [-0.1, -0.05) is 0 Å². The summed E-state index contributed by atoms with van der Waals surface area (Å²) in [7, 11) is 0. The molecule has 3 aromatic rings. The van der Waals surface area contributed by atoms with Gasteiger partial charge in [0.15, 0.2) is 5.13 Å². The third kappa shape index (κ3) is 2.18. The van der Waals surface area contributed by atoms with Crippen LogP contribution in [-0.4, -0.2) is 32.0 Å². The molecule has 0 saturated carbocycles. The van der Waals surface area contributed by atoms with E-state index in [2.05, 4.69) is 25.7 Å². The highest BCUT2D eigenvalue weighted by molar-refractivity contribution is 7.15. The second-order valence-electron chi connectivity index (χ2n) is 4.73. The summed E-state index contributed by atoms with van der Waals surface area (Å²) >= 11 is 1.52. The van der Waals surface area contributed by atoms with Crippen molar-refractivity contribution in [2.24, 2.45) is 0 Å². The Morgan fingerprint density at radius 2 is 2.38 bits per heavy atom. The fourth-order valence-corrected chi connectivity index (χ4v) is 3.33. The molecule has 1 aliphatic heterocycles. The number of nitrogens with zero attached hydrogens (tertiary/aromatic N) is 4. The van der Waals surface area contributed by atoms with Gasteiger partial charge in [0, 0.05) is 36.8 Å². The molecule has 1 aliphatic rings. The third-order valence-corrected chi connectivity index (χ3v) is 4.41. The van der Waals surface area contributed by atoms with E-state index in [0.717, 1.165) is 25.2 Å². The minimum Gasteiger partial charge on any atom is -0.311 e. The first-order valence-corrected chi connectivity index (χ1v) is 7.41. The standard InChI is InChI=1S/C13H12N6OS/c20-12(8-5-16-19-4-3-15-6-10(8)19)18-13-17-9-1-2-14-7-11(9)21-13/h3-6,14H,1-2,7H2,(H,17,18,20). The van der Waals surface area contributed by atoms with E-state index in [9.17, 15) is 4.79 Å². The molecule has 21 heavy (non-hydrogen) atoms. The number of hydrogen-bond acceptors (Lipinski definition) is 6. The largest absolute Gasteiger partial charge is 0.311 e. The number of amides is 1. The number of anilines is 1. The summed E-state index contributed by atoms with van der Waals surface area (Å²) in [5.74, 6) is -0.211. The minimum atomic E-state index is -0.211.